The van der Waals surface area contributed by atoms with Gasteiger partial charge in [0.15, 0.2) is 0 Å². The maximum atomic E-state index is 12.7. The summed E-state index contributed by atoms with van der Waals surface area (Å²) in [5.41, 5.74) is -0.448. The molecule has 0 unspecified atom stereocenters. The minimum Gasteiger partial charge on any atom is -0.492 e. The van der Waals surface area contributed by atoms with Gasteiger partial charge in [-0.2, -0.15) is 0 Å². The third-order valence-electron chi connectivity index (χ3n) is 2.87. The van der Waals surface area contributed by atoms with Crippen molar-refractivity contribution in [1.82, 2.24) is 5.32 Å². The molecule has 1 N–H and O–H groups in total. The van der Waals surface area contributed by atoms with Crippen molar-refractivity contribution < 1.29 is 18.8 Å². The summed E-state index contributed by atoms with van der Waals surface area (Å²) in [5, 5.41) is 13.6. The molecule has 0 bridgehead atoms. The number of nitrogens with zero attached hydrogens (tertiary/aromatic N) is 1. The second-order valence-electron chi connectivity index (χ2n) is 4.48. The Labute approximate surface area is 136 Å². The van der Waals surface area contributed by atoms with Gasteiger partial charge >= 0.3 is 0 Å². The van der Waals surface area contributed by atoms with Gasteiger partial charge in [0, 0.05) is 11.1 Å². The summed E-state index contributed by atoms with van der Waals surface area (Å²) in [4.78, 5) is 22.3. The highest BCUT2D eigenvalue weighted by atomic mass is 35.5. The fourth-order valence-corrected chi connectivity index (χ4v) is 1.98. The predicted molar refractivity (Wildman–Crippen MR) is 82.3 cm³/mol. The lowest BCUT2D eigenvalue weighted by Crippen LogP contribution is -2.28. The van der Waals surface area contributed by atoms with E-state index in [2.05, 4.69) is 5.32 Å². The lowest BCUT2D eigenvalue weighted by atomic mass is 10.1. The summed E-state index contributed by atoms with van der Waals surface area (Å²) in [7, 11) is 0. The maximum Gasteiger partial charge on any atom is 0.282 e. The molecular weight excluding hydrogens is 327 g/mol. The topological polar surface area (TPSA) is 81.5 Å². The van der Waals surface area contributed by atoms with Gasteiger partial charge in [-0.25, -0.2) is 4.39 Å². The minimum absolute atomic E-state index is 0.121. The second-order valence-corrected chi connectivity index (χ2v) is 4.91. The Balaban J connectivity index is 1.91. The zero-order valence-corrected chi connectivity index (χ0v) is 12.5. The zero-order chi connectivity index (χ0) is 16.8. The predicted octanol–water partition coefficient (Wildman–Crippen LogP) is 3.20. The number of nitrogens with one attached hydrogen (secondary N) is 1. The molecule has 0 aliphatic rings. The summed E-state index contributed by atoms with van der Waals surface area (Å²) in [6.45, 7) is 0.256. The van der Waals surface area contributed by atoms with Crippen molar-refractivity contribution in [1.29, 1.82) is 0 Å². The van der Waals surface area contributed by atoms with Crippen LogP contribution >= 0.6 is 11.6 Å². The first-order chi connectivity index (χ1) is 11.0. The quantitative estimate of drug-likeness (QED) is 0.498. The number of nitro benzene ring substituents is 1. The summed E-state index contributed by atoms with van der Waals surface area (Å²) < 4.78 is 18.0. The van der Waals surface area contributed by atoms with Crippen LogP contribution in [0.4, 0.5) is 10.1 Å². The Kier molecular flexibility index (Phi) is 5.48. The largest absolute Gasteiger partial charge is 0.492 e. The average Bonchev–Trinajstić information content (AvgIpc) is 2.52. The number of amides is 1. The van der Waals surface area contributed by atoms with Gasteiger partial charge in [0.05, 0.1) is 11.5 Å². The normalized spacial score (nSPS) is 10.2. The third kappa shape index (κ3) is 4.65. The van der Waals surface area contributed by atoms with E-state index in [1.54, 1.807) is 0 Å². The second kappa shape index (κ2) is 7.55. The molecule has 0 radical (unpaired) electrons. The van der Waals surface area contributed by atoms with E-state index in [0.717, 1.165) is 0 Å². The maximum absolute atomic E-state index is 12.7. The van der Waals surface area contributed by atoms with Crippen molar-refractivity contribution in [2.75, 3.05) is 13.2 Å². The van der Waals surface area contributed by atoms with E-state index in [1.807, 2.05) is 0 Å². The van der Waals surface area contributed by atoms with Gasteiger partial charge in [-0.3, -0.25) is 14.9 Å². The number of rotatable bonds is 6. The summed E-state index contributed by atoms with van der Waals surface area (Å²) >= 11 is 5.76. The van der Waals surface area contributed by atoms with Crippen LogP contribution in [0.1, 0.15) is 10.4 Å². The number of ether oxygens (including phenoxy) is 1. The number of hydrogen-bond acceptors (Lipinski definition) is 4. The standard InChI is InChI=1S/C15H12ClFN2O4/c16-10-1-6-14(19(21)22)13(9-10)15(20)18-7-8-23-12-4-2-11(17)3-5-12/h1-6,9H,7-8H2,(H,18,20). The Bertz CT molecular complexity index is 722. The van der Waals surface area contributed by atoms with Crippen molar-refractivity contribution in [3.05, 3.63) is 69.0 Å². The lowest BCUT2D eigenvalue weighted by Gasteiger charge is -2.08. The lowest BCUT2D eigenvalue weighted by molar-refractivity contribution is -0.385. The molecule has 0 fully saturated rings. The van der Waals surface area contributed by atoms with Crippen LogP contribution in [0.3, 0.4) is 0 Å². The fraction of sp³-hybridized carbons (Fsp3) is 0.133. The average molecular weight is 339 g/mol. The van der Waals surface area contributed by atoms with Crippen LogP contribution in [0.15, 0.2) is 42.5 Å². The van der Waals surface area contributed by atoms with Crippen LogP contribution < -0.4 is 10.1 Å². The zero-order valence-electron chi connectivity index (χ0n) is 11.8. The Morgan fingerprint density at radius 3 is 2.61 bits per heavy atom. The van der Waals surface area contributed by atoms with Crippen LogP contribution in [0.2, 0.25) is 5.02 Å². The van der Waals surface area contributed by atoms with Gasteiger partial charge < -0.3 is 10.1 Å². The third-order valence-corrected chi connectivity index (χ3v) is 3.11. The molecule has 2 rings (SSSR count). The van der Waals surface area contributed by atoms with E-state index in [1.165, 1.54) is 42.5 Å². The number of nitro groups is 1. The summed E-state index contributed by atoms with van der Waals surface area (Å²) in [5.74, 6) is -0.546. The monoisotopic (exact) mass is 338 g/mol. The van der Waals surface area contributed by atoms with Crippen molar-refractivity contribution in [2.24, 2.45) is 0 Å². The van der Waals surface area contributed by atoms with E-state index in [0.29, 0.717) is 5.75 Å². The van der Waals surface area contributed by atoms with E-state index >= 15 is 0 Å². The highest BCUT2D eigenvalue weighted by Gasteiger charge is 2.20. The number of benzene rings is 2. The molecular formula is C15H12ClFN2O4. The molecule has 8 heteroatoms. The molecule has 0 saturated carbocycles. The van der Waals surface area contributed by atoms with Gasteiger partial charge in [0.2, 0.25) is 0 Å². The number of hydrogen-bond donors (Lipinski definition) is 1. The molecule has 0 atom stereocenters. The van der Waals surface area contributed by atoms with E-state index in [4.69, 9.17) is 16.3 Å². The smallest absolute Gasteiger partial charge is 0.282 e. The molecule has 0 saturated heterocycles. The first-order valence-electron chi connectivity index (χ1n) is 6.58. The number of carbonyl (C=O) groups is 1. The van der Waals surface area contributed by atoms with Gasteiger partial charge in [-0.05, 0) is 36.4 Å². The number of carbonyl (C=O) groups excluding carboxylic acids is 1. The number of halogens is 2. The van der Waals surface area contributed by atoms with Crippen molar-refractivity contribution in [2.45, 2.75) is 0 Å². The molecule has 2 aromatic rings. The molecule has 120 valence electrons. The van der Waals surface area contributed by atoms with Gasteiger partial charge in [0.1, 0.15) is 23.7 Å². The molecule has 0 aliphatic heterocycles. The molecule has 2 aromatic carbocycles. The first kappa shape index (κ1) is 16.7. The molecule has 0 aromatic heterocycles. The van der Waals surface area contributed by atoms with Crippen molar-refractivity contribution in [3.63, 3.8) is 0 Å². The van der Waals surface area contributed by atoms with E-state index in [9.17, 15) is 19.3 Å². The Morgan fingerprint density at radius 1 is 1.26 bits per heavy atom. The first-order valence-corrected chi connectivity index (χ1v) is 6.95. The molecule has 6 nitrogen and oxygen atoms in total. The van der Waals surface area contributed by atoms with Gasteiger partial charge in [-0.15, -0.1) is 0 Å². The highest BCUT2D eigenvalue weighted by molar-refractivity contribution is 6.31. The molecule has 0 aliphatic carbocycles. The van der Waals surface area contributed by atoms with Crippen LogP contribution in [0.25, 0.3) is 0 Å². The molecule has 1 amide bonds. The van der Waals surface area contributed by atoms with Crippen molar-refractivity contribution >= 4 is 23.2 Å². The minimum atomic E-state index is -0.653. The molecule has 0 heterocycles. The van der Waals surface area contributed by atoms with Gasteiger partial charge in [0.25, 0.3) is 11.6 Å². The van der Waals surface area contributed by atoms with E-state index in [-0.39, 0.29) is 35.2 Å². The highest BCUT2D eigenvalue weighted by Crippen LogP contribution is 2.22. The Hall–Kier alpha value is -2.67. The van der Waals surface area contributed by atoms with Gasteiger partial charge in [-0.1, -0.05) is 11.6 Å². The van der Waals surface area contributed by atoms with E-state index < -0.39 is 10.8 Å². The fourth-order valence-electron chi connectivity index (χ4n) is 1.81. The summed E-state index contributed by atoms with van der Waals surface area (Å²) in [6.07, 6.45) is 0. The van der Waals surface area contributed by atoms with Crippen LogP contribution in [0.5, 0.6) is 5.75 Å². The van der Waals surface area contributed by atoms with Crippen LogP contribution in [-0.4, -0.2) is 24.0 Å². The SMILES string of the molecule is O=C(NCCOc1ccc(F)cc1)c1cc(Cl)ccc1[N+](=O)[O-]. The van der Waals surface area contributed by atoms with Crippen LogP contribution in [0, 0.1) is 15.9 Å². The molecule has 23 heavy (non-hydrogen) atoms. The summed E-state index contributed by atoms with van der Waals surface area (Å²) in [6, 6.07) is 9.17. The molecule has 0 spiro atoms. The van der Waals surface area contributed by atoms with Crippen molar-refractivity contribution in [3.8, 4) is 5.75 Å². The van der Waals surface area contributed by atoms with Crippen LogP contribution in [-0.2, 0) is 0 Å². The Morgan fingerprint density at radius 2 is 1.96 bits per heavy atom.